The van der Waals surface area contributed by atoms with Crippen molar-refractivity contribution < 1.29 is 9.47 Å². The molecule has 31 heavy (non-hydrogen) atoms. The molecule has 0 spiro atoms. The molecule has 5 nitrogen and oxygen atoms in total. The number of nitrogens with one attached hydrogen (secondary N) is 1. The summed E-state index contributed by atoms with van der Waals surface area (Å²) in [5, 5.41) is 4.96. The predicted molar refractivity (Wildman–Crippen MR) is 129 cm³/mol. The number of ether oxygens (including phenoxy) is 2. The van der Waals surface area contributed by atoms with Crippen LogP contribution >= 0.6 is 0 Å². The summed E-state index contributed by atoms with van der Waals surface area (Å²) >= 11 is 0. The molecular weight excluding hydrogens is 386 g/mol. The third-order valence-corrected chi connectivity index (χ3v) is 7.09. The molecule has 0 radical (unpaired) electrons. The van der Waals surface area contributed by atoms with Gasteiger partial charge in [-0.15, -0.1) is 0 Å². The van der Waals surface area contributed by atoms with Crippen molar-refractivity contribution >= 4 is 16.6 Å². The minimum Gasteiger partial charge on any atom is -0.493 e. The molecule has 0 saturated carbocycles. The maximum absolute atomic E-state index is 6.18. The van der Waals surface area contributed by atoms with Crippen LogP contribution in [0, 0.1) is 5.92 Å². The molecule has 1 saturated heterocycles. The van der Waals surface area contributed by atoms with Gasteiger partial charge in [-0.25, -0.2) is 0 Å². The van der Waals surface area contributed by atoms with Gasteiger partial charge in [-0.05, 0) is 69.2 Å². The Labute approximate surface area is 187 Å². The van der Waals surface area contributed by atoms with Crippen molar-refractivity contribution in [2.45, 2.75) is 65.2 Å². The molecule has 2 aliphatic rings. The summed E-state index contributed by atoms with van der Waals surface area (Å²) < 4.78 is 11.9. The molecule has 0 bridgehead atoms. The fraction of sp³-hybridized carbons (Fsp3) is 0.654. The number of hydrogen-bond donors (Lipinski definition) is 1. The molecule has 1 aromatic heterocycles. The fourth-order valence-electron chi connectivity index (χ4n) is 5.04. The summed E-state index contributed by atoms with van der Waals surface area (Å²) in [7, 11) is 1.73. The number of likely N-dealkylation sites (tertiary alicyclic amines) is 1. The van der Waals surface area contributed by atoms with Crippen LogP contribution in [0.5, 0.6) is 11.5 Å². The van der Waals surface area contributed by atoms with E-state index in [9.17, 15) is 0 Å². The molecule has 1 aliphatic heterocycles. The summed E-state index contributed by atoms with van der Waals surface area (Å²) in [6.07, 6.45) is 9.49. The van der Waals surface area contributed by atoms with Crippen molar-refractivity contribution in [3.8, 4) is 11.5 Å². The normalized spacial score (nSPS) is 16.3. The Morgan fingerprint density at radius 3 is 2.61 bits per heavy atom. The first-order chi connectivity index (χ1) is 15.2. The SMILES string of the molecule is CCC(CC)CNc1c2c(nc3cc(OCCCN4CCCC4)c(OC)cc13)CCC2. The summed E-state index contributed by atoms with van der Waals surface area (Å²) in [6.45, 7) is 9.87. The number of aryl methyl sites for hydroxylation is 1. The lowest BCUT2D eigenvalue weighted by Gasteiger charge is -2.20. The van der Waals surface area contributed by atoms with Gasteiger partial charge < -0.3 is 19.7 Å². The van der Waals surface area contributed by atoms with E-state index in [0.717, 1.165) is 54.8 Å². The van der Waals surface area contributed by atoms with E-state index in [-0.39, 0.29) is 0 Å². The van der Waals surface area contributed by atoms with E-state index in [1.54, 1.807) is 7.11 Å². The van der Waals surface area contributed by atoms with Gasteiger partial charge in [0.15, 0.2) is 11.5 Å². The highest BCUT2D eigenvalue weighted by atomic mass is 16.5. The highest BCUT2D eigenvalue weighted by Gasteiger charge is 2.22. The van der Waals surface area contributed by atoms with Crippen molar-refractivity contribution in [2.24, 2.45) is 5.92 Å². The average Bonchev–Trinajstić information content (AvgIpc) is 3.48. The zero-order valence-corrected chi connectivity index (χ0v) is 19.6. The Hall–Kier alpha value is -2.01. The topological polar surface area (TPSA) is 46.6 Å². The Morgan fingerprint density at radius 1 is 1.06 bits per heavy atom. The molecule has 1 N–H and O–H groups in total. The van der Waals surface area contributed by atoms with Gasteiger partial charge >= 0.3 is 0 Å². The van der Waals surface area contributed by atoms with Crippen LogP contribution in [-0.4, -0.2) is 49.8 Å². The number of pyridine rings is 1. The largest absolute Gasteiger partial charge is 0.493 e. The lowest BCUT2D eigenvalue weighted by molar-refractivity contribution is 0.254. The van der Waals surface area contributed by atoms with E-state index in [4.69, 9.17) is 14.5 Å². The van der Waals surface area contributed by atoms with Crippen LogP contribution in [0.15, 0.2) is 12.1 Å². The summed E-state index contributed by atoms with van der Waals surface area (Å²) in [5.74, 6) is 2.31. The van der Waals surface area contributed by atoms with Crippen molar-refractivity contribution in [3.05, 3.63) is 23.4 Å². The number of hydrogen-bond acceptors (Lipinski definition) is 5. The smallest absolute Gasteiger partial charge is 0.163 e. The number of aromatic nitrogens is 1. The molecule has 2 aromatic rings. The van der Waals surface area contributed by atoms with Crippen LogP contribution < -0.4 is 14.8 Å². The molecule has 1 aliphatic carbocycles. The zero-order valence-electron chi connectivity index (χ0n) is 19.6. The minimum absolute atomic E-state index is 0.695. The van der Waals surface area contributed by atoms with Gasteiger partial charge in [0, 0.05) is 35.9 Å². The van der Waals surface area contributed by atoms with Gasteiger partial charge in [-0.2, -0.15) is 0 Å². The fourth-order valence-corrected chi connectivity index (χ4v) is 5.04. The molecule has 1 fully saturated rings. The van der Waals surface area contributed by atoms with Gasteiger partial charge in [-0.1, -0.05) is 26.7 Å². The van der Waals surface area contributed by atoms with Crippen LogP contribution in [0.25, 0.3) is 10.9 Å². The Kier molecular flexibility index (Phi) is 7.54. The third kappa shape index (κ3) is 5.08. The maximum atomic E-state index is 6.18. The first kappa shape index (κ1) is 22.2. The Balaban J connectivity index is 1.56. The summed E-state index contributed by atoms with van der Waals surface area (Å²) in [6, 6.07) is 4.22. The van der Waals surface area contributed by atoms with Gasteiger partial charge in [-0.3, -0.25) is 4.98 Å². The highest BCUT2D eigenvalue weighted by molar-refractivity contribution is 5.96. The van der Waals surface area contributed by atoms with Crippen LogP contribution in [-0.2, 0) is 12.8 Å². The highest BCUT2D eigenvalue weighted by Crippen LogP contribution is 2.39. The molecule has 4 rings (SSSR count). The van der Waals surface area contributed by atoms with E-state index in [0.29, 0.717) is 12.5 Å². The second kappa shape index (κ2) is 10.5. The second-order valence-corrected chi connectivity index (χ2v) is 9.10. The van der Waals surface area contributed by atoms with Crippen molar-refractivity contribution in [1.29, 1.82) is 0 Å². The molecule has 0 atom stereocenters. The van der Waals surface area contributed by atoms with Gasteiger partial charge in [0.25, 0.3) is 0 Å². The molecule has 1 aromatic carbocycles. The first-order valence-electron chi connectivity index (χ1n) is 12.4. The number of nitrogens with zero attached hydrogens (tertiary/aromatic N) is 2. The van der Waals surface area contributed by atoms with E-state index < -0.39 is 0 Å². The van der Waals surface area contributed by atoms with Gasteiger partial charge in [0.05, 0.1) is 19.2 Å². The van der Waals surface area contributed by atoms with Crippen LogP contribution in [0.4, 0.5) is 5.69 Å². The zero-order chi connectivity index (χ0) is 21.6. The monoisotopic (exact) mass is 425 g/mol. The number of methoxy groups -OCH3 is 1. The number of rotatable bonds is 11. The molecule has 5 heteroatoms. The van der Waals surface area contributed by atoms with Gasteiger partial charge in [0.2, 0.25) is 0 Å². The second-order valence-electron chi connectivity index (χ2n) is 9.10. The number of fused-ring (bicyclic) bond motifs is 2. The van der Waals surface area contributed by atoms with Crippen molar-refractivity contribution in [3.63, 3.8) is 0 Å². The summed E-state index contributed by atoms with van der Waals surface area (Å²) in [4.78, 5) is 7.56. The lowest BCUT2D eigenvalue weighted by Crippen LogP contribution is -2.21. The molecule has 0 unspecified atom stereocenters. The van der Waals surface area contributed by atoms with Gasteiger partial charge in [0.1, 0.15) is 0 Å². The number of anilines is 1. The van der Waals surface area contributed by atoms with Crippen molar-refractivity contribution in [2.75, 3.05) is 45.2 Å². The first-order valence-corrected chi connectivity index (χ1v) is 12.4. The number of benzene rings is 1. The Morgan fingerprint density at radius 2 is 1.87 bits per heavy atom. The Bertz CT molecular complexity index is 873. The maximum Gasteiger partial charge on any atom is 0.163 e. The molecular formula is C26H39N3O2. The third-order valence-electron chi connectivity index (χ3n) is 7.09. The van der Waals surface area contributed by atoms with E-state index in [2.05, 4.69) is 36.2 Å². The van der Waals surface area contributed by atoms with Crippen LogP contribution in [0.3, 0.4) is 0 Å². The van der Waals surface area contributed by atoms with Crippen LogP contribution in [0.1, 0.15) is 63.6 Å². The van der Waals surface area contributed by atoms with E-state index >= 15 is 0 Å². The van der Waals surface area contributed by atoms with E-state index in [1.807, 2.05) is 0 Å². The molecule has 170 valence electrons. The molecule has 2 heterocycles. The standard InChI is InChI=1S/C26H39N3O2/c1-4-19(5-2)18-27-26-20-10-8-11-22(20)28-23-17-25(24(30-3)16-21(23)26)31-15-9-14-29-12-6-7-13-29/h16-17,19H,4-15,18H2,1-3H3,(H,27,28). The average molecular weight is 426 g/mol. The van der Waals surface area contributed by atoms with Crippen molar-refractivity contribution in [1.82, 2.24) is 9.88 Å². The van der Waals surface area contributed by atoms with Crippen LogP contribution in [0.2, 0.25) is 0 Å². The minimum atomic E-state index is 0.695. The summed E-state index contributed by atoms with van der Waals surface area (Å²) in [5.41, 5.74) is 4.94. The molecule has 0 amide bonds. The predicted octanol–water partition coefficient (Wildman–Crippen LogP) is 5.44. The quantitative estimate of drug-likeness (QED) is 0.485. The van der Waals surface area contributed by atoms with E-state index in [1.165, 1.54) is 62.1 Å². The lowest BCUT2D eigenvalue weighted by atomic mass is 10.0.